The molecule has 0 spiro atoms. The summed E-state index contributed by atoms with van der Waals surface area (Å²) in [5.74, 6) is -0.642. The molecule has 1 aromatic heterocycles. The highest BCUT2D eigenvalue weighted by Crippen LogP contribution is 2.37. The molecule has 2 rings (SSSR count). The van der Waals surface area contributed by atoms with Crippen molar-refractivity contribution in [3.8, 4) is 0 Å². The number of carbonyl (C=O) groups excluding carboxylic acids is 2. The van der Waals surface area contributed by atoms with Crippen LogP contribution in [-0.2, 0) is 4.79 Å². The van der Waals surface area contributed by atoms with Crippen LogP contribution in [0.5, 0.6) is 0 Å². The average molecular weight is 312 g/mol. The summed E-state index contributed by atoms with van der Waals surface area (Å²) < 4.78 is 0.872. The Bertz CT molecular complexity index is 669. The molecule has 1 heterocycles. The number of carbonyl (C=O) groups is 2. The normalized spacial score (nSPS) is 10.7. The SMILES string of the molecule is NC(=O)CCCNC(=O)c1sc2cccc(Cl)c2c1N. The van der Waals surface area contributed by atoms with Gasteiger partial charge >= 0.3 is 0 Å². The molecule has 5 nitrogen and oxygen atoms in total. The second-order valence-electron chi connectivity index (χ2n) is 4.28. The van der Waals surface area contributed by atoms with E-state index in [4.69, 9.17) is 23.1 Å². The van der Waals surface area contributed by atoms with E-state index in [2.05, 4.69) is 5.32 Å². The van der Waals surface area contributed by atoms with Gasteiger partial charge in [0.05, 0.1) is 10.7 Å². The molecule has 0 aliphatic carbocycles. The monoisotopic (exact) mass is 311 g/mol. The summed E-state index contributed by atoms with van der Waals surface area (Å²) in [6.07, 6.45) is 0.751. The number of halogens is 1. The smallest absolute Gasteiger partial charge is 0.263 e. The molecule has 0 bridgehead atoms. The molecule has 1 aromatic carbocycles. The number of anilines is 1. The third-order valence-electron chi connectivity index (χ3n) is 2.79. The Balaban J connectivity index is 2.13. The fourth-order valence-electron chi connectivity index (χ4n) is 1.84. The zero-order valence-corrected chi connectivity index (χ0v) is 12.2. The third-order valence-corrected chi connectivity index (χ3v) is 4.28. The van der Waals surface area contributed by atoms with Crippen LogP contribution >= 0.6 is 22.9 Å². The largest absolute Gasteiger partial charge is 0.397 e. The van der Waals surface area contributed by atoms with Crippen LogP contribution in [0.1, 0.15) is 22.5 Å². The summed E-state index contributed by atoms with van der Waals surface area (Å²) >= 11 is 7.38. The molecule has 106 valence electrons. The number of nitrogens with two attached hydrogens (primary N) is 2. The van der Waals surface area contributed by atoms with Gasteiger partial charge in [0.1, 0.15) is 4.88 Å². The molecular formula is C13H14ClN3O2S. The van der Waals surface area contributed by atoms with Gasteiger partial charge in [0.2, 0.25) is 5.91 Å². The molecular weight excluding hydrogens is 298 g/mol. The van der Waals surface area contributed by atoms with Crippen molar-refractivity contribution >= 4 is 50.5 Å². The van der Waals surface area contributed by atoms with Gasteiger partial charge in [0, 0.05) is 23.1 Å². The van der Waals surface area contributed by atoms with E-state index in [-0.39, 0.29) is 18.2 Å². The Morgan fingerprint density at radius 3 is 2.75 bits per heavy atom. The van der Waals surface area contributed by atoms with Crippen LogP contribution in [0.3, 0.4) is 0 Å². The highest BCUT2D eigenvalue weighted by atomic mass is 35.5. The molecule has 7 heteroatoms. The van der Waals surface area contributed by atoms with Gasteiger partial charge < -0.3 is 16.8 Å². The van der Waals surface area contributed by atoms with E-state index in [1.807, 2.05) is 12.1 Å². The number of nitrogens with one attached hydrogen (secondary N) is 1. The second kappa shape index (κ2) is 6.11. The van der Waals surface area contributed by atoms with Crippen molar-refractivity contribution in [1.82, 2.24) is 5.32 Å². The summed E-state index contributed by atoms with van der Waals surface area (Å²) in [5, 5.41) is 3.96. The predicted molar refractivity (Wildman–Crippen MR) is 82.0 cm³/mol. The molecule has 0 aliphatic rings. The van der Waals surface area contributed by atoms with Crippen LogP contribution in [0, 0.1) is 0 Å². The standard InChI is InChI=1S/C13H14ClN3O2S/c14-7-3-1-4-8-10(7)11(16)12(20-8)13(19)17-6-2-5-9(15)18/h1,3-4H,2,5-6,16H2,(H2,15,18)(H,17,19). The number of benzene rings is 1. The van der Waals surface area contributed by atoms with E-state index >= 15 is 0 Å². The van der Waals surface area contributed by atoms with E-state index in [0.717, 1.165) is 4.70 Å². The molecule has 2 aromatic rings. The van der Waals surface area contributed by atoms with Gasteiger partial charge in [-0.25, -0.2) is 0 Å². The van der Waals surface area contributed by atoms with Crippen LogP contribution in [0.4, 0.5) is 5.69 Å². The minimum absolute atomic E-state index is 0.244. The summed E-state index contributed by atoms with van der Waals surface area (Å²) in [6.45, 7) is 0.378. The van der Waals surface area contributed by atoms with Gasteiger partial charge in [0.25, 0.3) is 5.91 Å². The summed E-state index contributed by atoms with van der Waals surface area (Å²) in [7, 11) is 0. The van der Waals surface area contributed by atoms with Gasteiger partial charge in [-0.05, 0) is 18.6 Å². The van der Waals surface area contributed by atoms with E-state index in [1.165, 1.54) is 11.3 Å². The first-order valence-corrected chi connectivity index (χ1v) is 7.23. The summed E-state index contributed by atoms with van der Waals surface area (Å²) in [6, 6.07) is 5.42. The molecule has 0 radical (unpaired) electrons. The van der Waals surface area contributed by atoms with Crippen LogP contribution in [0.25, 0.3) is 10.1 Å². The second-order valence-corrected chi connectivity index (χ2v) is 5.74. The number of thiophene rings is 1. The van der Waals surface area contributed by atoms with Crippen molar-refractivity contribution in [3.63, 3.8) is 0 Å². The third kappa shape index (κ3) is 3.02. The van der Waals surface area contributed by atoms with Gasteiger partial charge in [-0.3, -0.25) is 9.59 Å². The number of amides is 2. The van der Waals surface area contributed by atoms with Crippen LogP contribution in [-0.4, -0.2) is 18.4 Å². The van der Waals surface area contributed by atoms with Gasteiger partial charge in [-0.2, -0.15) is 0 Å². The maximum absolute atomic E-state index is 12.1. The number of rotatable bonds is 5. The lowest BCUT2D eigenvalue weighted by Crippen LogP contribution is -2.25. The molecule has 2 amide bonds. The molecule has 0 unspecified atom stereocenters. The fourth-order valence-corrected chi connectivity index (χ4v) is 3.24. The van der Waals surface area contributed by atoms with Crippen molar-refractivity contribution in [2.24, 2.45) is 5.73 Å². The molecule has 0 atom stereocenters. The molecule has 20 heavy (non-hydrogen) atoms. The summed E-state index contributed by atoms with van der Waals surface area (Å²) in [4.78, 5) is 23.1. The van der Waals surface area contributed by atoms with Crippen molar-refractivity contribution in [3.05, 3.63) is 28.1 Å². The van der Waals surface area contributed by atoms with E-state index in [0.29, 0.717) is 33.9 Å². The maximum Gasteiger partial charge on any atom is 0.263 e. The fraction of sp³-hybridized carbons (Fsp3) is 0.231. The van der Waals surface area contributed by atoms with Crippen molar-refractivity contribution < 1.29 is 9.59 Å². The molecule has 0 saturated heterocycles. The Morgan fingerprint density at radius 2 is 2.10 bits per heavy atom. The van der Waals surface area contributed by atoms with E-state index in [9.17, 15) is 9.59 Å². The van der Waals surface area contributed by atoms with Crippen LogP contribution < -0.4 is 16.8 Å². The first-order chi connectivity index (χ1) is 9.50. The Morgan fingerprint density at radius 1 is 1.35 bits per heavy atom. The van der Waals surface area contributed by atoms with Crippen molar-refractivity contribution in [2.75, 3.05) is 12.3 Å². The van der Waals surface area contributed by atoms with Gasteiger partial charge in [-0.1, -0.05) is 17.7 Å². The van der Waals surface area contributed by atoms with E-state index in [1.54, 1.807) is 6.07 Å². The lowest BCUT2D eigenvalue weighted by Gasteiger charge is -2.03. The van der Waals surface area contributed by atoms with Gasteiger partial charge in [-0.15, -0.1) is 11.3 Å². The molecule has 0 aliphatic heterocycles. The van der Waals surface area contributed by atoms with Crippen LogP contribution in [0.15, 0.2) is 18.2 Å². The summed E-state index contributed by atoms with van der Waals surface area (Å²) in [5.41, 5.74) is 11.4. The number of hydrogen-bond donors (Lipinski definition) is 3. The zero-order chi connectivity index (χ0) is 14.7. The lowest BCUT2D eigenvalue weighted by molar-refractivity contribution is -0.118. The van der Waals surface area contributed by atoms with E-state index < -0.39 is 0 Å². The molecule has 5 N–H and O–H groups in total. The zero-order valence-electron chi connectivity index (χ0n) is 10.6. The molecule has 0 saturated carbocycles. The minimum Gasteiger partial charge on any atom is -0.397 e. The topological polar surface area (TPSA) is 98.2 Å². The lowest BCUT2D eigenvalue weighted by atomic mass is 10.2. The highest BCUT2D eigenvalue weighted by Gasteiger charge is 2.17. The highest BCUT2D eigenvalue weighted by molar-refractivity contribution is 7.21. The minimum atomic E-state index is -0.382. The van der Waals surface area contributed by atoms with Crippen molar-refractivity contribution in [1.29, 1.82) is 0 Å². The Hall–Kier alpha value is -1.79. The first-order valence-electron chi connectivity index (χ1n) is 6.03. The first kappa shape index (κ1) is 14.6. The Labute approximate surface area is 124 Å². The number of hydrogen-bond acceptors (Lipinski definition) is 4. The number of fused-ring (bicyclic) bond motifs is 1. The van der Waals surface area contributed by atoms with Crippen LogP contribution in [0.2, 0.25) is 5.02 Å². The number of primary amides is 1. The Kier molecular flexibility index (Phi) is 4.46. The quantitative estimate of drug-likeness (QED) is 0.738. The maximum atomic E-state index is 12.1. The van der Waals surface area contributed by atoms with Gasteiger partial charge in [0.15, 0.2) is 0 Å². The predicted octanol–water partition coefficient (Wildman–Crippen LogP) is 2.13. The van der Waals surface area contributed by atoms with Crippen molar-refractivity contribution in [2.45, 2.75) is 12.8 Å². The molecule has 0 fully saturated rings. The average Bonchev–Trinajstić information content (AvgIpc) is 2.73. The number of nitrogen functional groups attached to an aromatic ring is 1.